The molecule has 0 atom stereocenters. The third kappa shape index (κ3) is 7.61. The van der Waals surface area contributed by atoms with Gasteiger partial charge in [0, 0.05) is 51.2 Å². The minimum Gasteiger partial charge on any atom is -0.381 e. The minimum absolute atomic E-state index is 0. The number of ether oxygens (including phenoxy) is 1. The Hall–Kier alpha value is -1.35. The number of nitrogens with one attached hydrogen (secondary N) is 2. The predicted octanol–water partition coefficient (Wildman–Crippen LogP) is 4.01. The number of amides is 1. The molecular formula is C25H41IN4O2. The van der Waals surface area contributed by atoms with E-state index in [1.165, 1.54) is 17.5 Å². The van der Waals surface area contributed by atoms with Crippen LogP contribution < -0.4 is 10.6 Å². The summed E-state index contributed by atoms with van der Waals surface area (Å²) < 4.78 is 5.68. The highest BCUT2D eigenvalue weighted by Gasteiger charge is 2.35. The van der Waals surface area contributed by atoms with Gasteiger partial charge in [-0.1, -0.05) is 30.7 Å². The predicted molar refractivity (Wildman–Crippen MR) is 142 cm³/mol. The van der Waals surface area contributed by atoms with E-state index in [4.69, 9.17) is 9.73 Å². The Kier molecular flexibility index (Phi) is 11.8. The largest absolute Gasteiger partial charge is 0.381 e. The molecule has 7 heteroatoms. The van der Waals surface area contributed by atoms with Gasteiger partial charge in [-0.05, 0) is 57.1 Å². The van der Waals surface area contributed by atoms with Gasteiger partial charge in [0.05, 0.1) is 6.54 Å². The average molecular weight is 557 g/mol. The molecule has 2 heterocycles. The van der Waals surface area contributed by atoms with Crippen molar-refractivity contribution in [2.45, 2.75) is 64.2 Å². The minimum atomic E-state index is 0. The molecule has 2 aliphatic heterocycles. The molecular weight excluding hydrogens is 515 g/mol. The van der Waals surface area contributed by atoms with E-state index in [2.05, 4.69) is 48.7 Å². The van der Waals surface area contributed by atoms with Crippen LogP contribution in [0, 0.1) is 6.92 Å². The highest BCUT2D eigenvalue weighted by molar-refractivity contribution is 14.0. The third-order valence-corrected chi connectivity index (χ3v) is 6.62. The summed E-state index contributed by atoms with van der Waals surface area (Å²) in [6.45, 7) is 10.0. The van der Waals surface area contributed by atoms with Crippen LogP contribution in [0.2, 0.25) is 0 Å². The molecule has 0 bridgehead atoms. The van der Waals surface area contributed by atoms with Crippen LogP contribution in [0.5, 0.6) is 0 Å². The molecule has 0 unspecified atom stereocenters. The number of hydrogen-bond donors (Lipinski definition) is 2. The van der Waals surface area contributed by atoms with Crippen molar-refractivity contribution < 1.29 is 9.53 Å². The first-order chi connectivity index (χ1) is 15.1. The van der Waals surface area contributed by atoms with Gasteiger partial charge >= 0.3 is 0 Å². The van der Waals surface area contributed by atoms with Crippen molar-refractivity contribution in [3.63, 3.8) is 0 Å². The Labute approximate surface area is 211 Å². The average Bonchev–Trinajstić information content (AvgIpc) is 3.00. The van der Waals surface area contributed by atoms with E-state index >= 15 is 0 Å². The van der Waals surface area contributed by atoms with Crippen molar-refractivity contribution in [2.24, 2.45) is 4.99 Å². The van der Waals surface area contributed by atoms with Crippen LogP contribution in [0.25, 0.3) is 0 Å². The van der Waals surface area contributed by atoms with E-state index in [-0.39, 0.29) is 29.4 Å². The molecule has 2 saturated heterocycles. The van der Waals surface area contributed by atoms with Crippen LogP contribution in [0.15, 0.2) is 29.3 Å². The van der Waals surface area contributed by atoms with E-state index in [1.54, 1.807) is 0 Å². The van der Waals surface area contributed by atoms with Crippen molar-refractivity contribution in [1.82, 2.24) is 15.5 Å². The molecule has 2 fully saturated rings. The first-order valence-corrected chi connectivity index (χ1v) is 12.1. The van der Waals surface area contributed by atoms with Crippen LogP contribution in [0.1, 0.15) is 63.0 Å². The lowest BCUT2D eigenvalue weighted by Crippen LogP contribution is -2.42. The molecule has 2 N–H and O–H groups in total. The summed E-state index contributed by atoms with van der Waals surface area (Å²) >= 11 is 0. The molecule has 0 aromatic heterocycles. The topological polar surface area (TPSA) is 66.0 Å². The summed E-state index contributed by atoms with van der Waals surface area (Å²) in [5, 5.41) is 6.87. The summed E-state index contributed by atoms with van der Waals surface area (Å²) in [7, 11) is 0. The number of halogens is 1. The van der Waals surface area contributed by atoms with Gasteiger partial charge in [-0.2, -0.15) is 0 Å². The quantitative estimate of drug-likeness (QED) is 0.220. The maximum absolute atomic E-state index is 12.2. The fraction of sp³-hybridized carbons (Fsp3) is 0.680. The van der Waals surface area contributed by atoms with Crippen LogP contribution in [0.4, 0.5) is 0 Å². The maximum Gasteiger partial charge on any atom is 0.222 e. The van der Waals surface area contributed by atoms with Gasteiger partial charge < -0.3 is 20.3 Å². The zero-order valence-corrected chi connectivity index (χ0v) is 22.2. The molecule has 1 amide bonds. The number of hydrogen-bond acceptors (Lipinski definition) is 3. The second kappa shape index (κ2) is 14.0. The second-order valence-electron chi connectivity index (χ2n) is 8.87. The number of aliphatic imine (C=N–C) groups is 1. The molecule has 2 aliphatic rings. The molecule has 1 aromatic carbocycles. The number of likely N-dealkylation sites (tertiary alicyclic amines) is 1. The number of carbonyl (C=O) groups excluding carboxylic acids is 1. The Bertz CT molecular complexity index is 734. The van der Waals surface area contributed by atoms with Crippen LogP contribution >= 0.6 is 24.0 Å². The Morgan fingerprint density at radius 3 is 2.69 bits per heavy atom. The summed E-state index contributed by atoms with van der Waals surface area (Å²) in [4.78, 5) is 19.2. The maximum atomic E-state index is 12.2. The zero-order valence-electron chi connectivity index (χ0n) is 19.8. The van der Waals surface area contributed by atoms with Gasteiger partial charge in [-0.3, -0.25) is 9.79 Å². The Morgan fingerprint density at radius 2 is 1.94 bits per heavy atom. The van der Waals surface area contributed by atoms with Crippen molar-refractivity contribution >= 4 is 35.8 Å². The molecule has 32 heavy (non-hydrogen) atoms. The first-order valence-electron chi connectivity index (χ1n) is 12.1. The number of aryl methyl sites for hydroxylation is 1. The Morgan fingerprint density at radius 1 is 1.16 bits per heavy atom. The summed E-state index contributed by atoms with van der Waals surface area (Å²) in [5.74, 6) is 1.18. The third-order valence-electron chi connectivity index (χ3n) is 6.62. The molecule has 180 valence electrons. The lowest BCUT2D eigenvalue weighted by atomic mass is 9.72. The lowest BCUT2D eigenvalue weighted by Gasteiger charge is -2.37. The number of carbonyl (C=O) groups is 1. The molecule has 6 nitrogen and oxygen atoms in total. The highest BCUT2D eigenvalue weighted by Crippen LogP contribution is 2.37. The monoisotopic (exact) mass is 556 g/mol. The number of guanidine groups is 1. The Balaban J connectivity index is 0.00000363. The van der Waals surface area contributed by atoms with E-state index in [1.807, 2.05) is 4.90 Å². The highest BCUT2D eigenvalue weighted by atomic mass is 127. The van der Waals surface area contributed by atoms with Gasteiger partial charge in [0.2, 0.25) is 5.91 Å². The second-order valence-corrected chi connectivity index (χ2v) is 8.87. The molecule has 0 radical (unpaired) electrons. The molecule has 0 aliphatic carbocycles. The van der Waals surface area contributed by atoms with E-state index in [9.17, 15) is 4.79 Å². The summed E-state index contributed by atoms with van der Waals surface area (Å²) in [5.41, 5.74) is 2.77. The number of rotatable bonds is 8. The van der Waals surface area contributed by atoms with Crippen LogP contribution in [-0.4, -0.2) is 62.7 Å². The van der Waals surface area contributed by atoms with Gasteiger partial charge in [-0.25, -0.2) is 0 Å². The van der Waals surface area contributed by atoms with Gasteiger partial charge in [0.1, 0.15) is 0 Å². The summed E-state index contributed by atoms with van der Waals surface area (Å²) in [6.07, 6.45) is 6.99. The van der Waals surface area contributed by atoms with Crippen molar-refractivity contribution in [2.75, 3.05) is 45.9 Å². The molecule has 1 aromatic rings. The van der Waals surface area contributed by atoms with Gasteiger partial charge in [0.25, 0.3) is 0 Å². The normalized spacial score (nSPS) is 19.1. The van der Waals surface area contributed by atoms with Gasteiger partial charge in [-0.15, -0.1) is 24.0 Å². The lowest BCUT2D eigenvalue weighted by molar-refractivity contribution is -0.130. The van der Waals surface area contributed by atoms with E-state index in [0.29, 0.717) is 12.3 Å². The van der Waals surface area contributed by atoms with Crippen molar-refractivity contribution in [3.05, 3.63) is 35.4 Å². The molecule has 3 rings (SSSR count). The van der Waals surface area contributed by atoms with Crippen LogP contribution in [-0.2, 0) is 14.9 Å². The van der Waals surface area contributed by atoms with E-state index < -0.39 is 0 Å². The standard InChI is InChI=1S/C25H40N4O2.HI/c1-3-26-24(27-15-9-17-29-16-8-4-5-12-23(29)30)28-20-25(13-18-31-19-14-25)22-11-7-6-10-21(22)2;/h6-7,10-11H,3-5,8-9,12-20H2,1-2H3,(H2,26,27,28);1H. The zero-order chi connectivity index (χ0) is 21.9. The number of nitrogens with zero attached hydrogens (tertiary/aromatic N) is 2. The smallest absolute Gasteiger partial charge is 0.222 e. The number of benzene rings is 1. The van der Waals surface area contributed by atoms with Gasteiger partial charge in [0.15, 0.2) is 5.96 Å². The van der Waals surface area contributed by atoms with Crippen LogP contribution in [0.3, 0.4) is 0 Å². The SMILES string of the molecule is CCNC(=NCC1(c2ccccc2C)CCOCC1)NCCCN1CCCCCC1=O.I. The molecule has 0 saturated carbocycles. The fourth-order valence-electron chi connectivity index (χ4n) is 4.77. The van der Waals surface area contributed by atoms with Crippen molar-refractivity contribution in [1.29, 1.82) is 0 Å². The molecule has 0 spiro atoms. The fourth-order valence-corrected chi connectivity index (χ4v) is 4.77. The summed E-state index contributed by atoms with van der Waals surface area (Å²) in [6, 6.07) is 8.70. The van der Waals surface area contributed by atoms with E-state index in [0.717, 1.165) is 84.0 Å². The first kappa shape index (κ1) is 26.9. The van der Waals surface area contributed by atoms with Crippen molar-refractivity contribution in [3.8, 4) is 0 Å².